The SMILES string of the molecule is O=C(/C=C/c1ccc(COc2c(Cl)cccc2Cl)o1)c1ccc2c(c1)OCCO2. The van der Waals surface area contributed by atoms with Crippen LogP contribution in [0, 0.1) is 0 Å². The van der Waals surface area contributed by atoms with Crippen LogP contribution in [-0.4, -0.2) is 19.0 Å². The van der Waals surface area contributed by atoms with E-state index in [2.05, 4.69) is 0 Å². The molecule has 4 rings (SSSR count). The fraction of sp³-hybridized carbons (Fsp3) is 0.136. The van der Waals surface area contributed by atoms with E-state index in [-0.39, 0.29) is 12.4 Å². The standard InChI is InChI=1S/C22H16Cl2O5/c23-17-2-1-3-18(24)22(17)28-13-16-6-5-15(29-16)7-8-19(25)14-4-9-20-21(12-14)27-11-10-26-20/h1-9,12H,10-11,13H2/b8-7+. The van der Waals surface area contributed by atoms with E-state index in [1.165, 1.54) is 6.08 Å². The molecule has 1 aromatic heterocycles. The molecular weight excluding hydrogens is 415 g/mol. The van der Waals surface area contributed by atoms with Crippen molar-refractivity contribution in [3.05, 3.63) is 81.7 Å². The summed E-state index contributed by atoms with van der Waals surface area (Å²) in [7, 11) is 0. The van der Waals surface area contributed by atoms with Gasteiger partial charge in [0.05, 0.1) is 10.0 Å². The summed E-state index contributed by atoms with van der Waals surface area (Å²) in [5.41, 5.74) is 0.508. The molecule has 1 aliphatic rings. The first kappa shape index (κ1) is 19.4. The molecule has 2 heterocycles. The van der Waals surface area contributed by atoms with Gasteiger partial charge in [0.2, 0.25) is 0 Å². The predicted octanol–water partition coefficient (Wildman–Crippen LogP) is 5.83. The minimum Gasteiger partial charge on any atom is -0.486 e. The van der Waals surface area contributed by atoms with Crippen LogP contribution < -0.4 is 14.2 Å². The molecule has 29 heavy (non-hydrogen) atoms. The van der Waals surface area contributed by atoms with Crippen LogP contribution in [0.4, 0.5) is 0 Å². The fourth-order valence-corrected chi connectivity index (χ4v) is 3.28. The van der Waals surface area contributed by atoms with Gasteiger partial charge >= 0.3 is 0 Å². The molecule has 0 unspecified atom stereocenters. The third kappa shape index (κ3) is 4.58. The average molecular weight is 431 g/mol. The number of halogens is 2. The fourth-order valence-electron chi connectivity index (χ4n) is 2.78. The van der Waals surface area contributed by atoms with Crippen molar-refractivity contribution in [1.82, 2.24) is 0 Å². The Labute approximate surface area is 177 Å². The summed E-state index contributed by atoms with van der Waals surface area (Å²) in [5, 5.41) is 0.850. The lowest BCUT2D eigenvalue weighted by atomic mass is 10.1. The first-order valence-corrected chi connectivity index (χ1v) is 9.63. The van der Waals surface area contributed by atoms with Gasteiger partial charge in [0.25, 0.3) is 0 Å². The lowest BCUT2D eigenvalue weighted by molar-refractivity contribution is 0.104. The van der Waals surface area contributed by atoms with Gasteiger partial charge in [-0.05, 0) is 54.6 Å². The maximum atomic E-state index is 12.4. The summed E-state index contributed by atoms with van der Waals surface area (Å²) in [6.07, 6.45) is 3.05. The second kappa shape index (κ2) is 8.64. The number of allylic oxidation sites excluding steroid dienone is 1. The Morgan fingerprint density at radius 1 is 1.00 bits per heavy atom. The van der Waals surface area contributed by atoms with Crippen molar-refractivity contribution in [2.75, 3.05) is 13.2 Å². The van der Waals surface area contributed by atoms with E-state index >= 15 is 0 Å². The van der Waals surface area contributed by atoms with Crippen molar-refractivity contribution in [2.24, 2.45) is 0 Å². The molecule has 2 aromatic carbocycles. The number of hydrogen-bond donors (Lipinski definition) is 0. The first-order chi connectivity index (χ1) is 14.1. The number of rotatable bonds is 6. The van der Waals surface area contributed by atoms with Crippen LogP contribution in [0.15, 0.2) is 59.0 Å². The van der Waals surface area contributed by atoms with Gasteiger partial charge in [-0.3, -0.25) is 4.79 Å². The van der Waals surface area contributed by atoms with Gasteiger partial charge in [-0.25, -0.2) is 0 Å². The Hall–Kier alpha value is -2.89. The lowest BCUT2D eigenvalue weighted by Gasteiger charge is -2.18. The predicted molar refractivity (Wildman–Crippen MR) is 110 cm³/mol. The summed E-state index contributed by atoms with van der Waals surface area (Å²) in [4.78, 5) is 12.4. The van der Waals surface area contributed by atoms with Crippen molar-refractivity contribution < 1.29 is 23.4 Å². The highest BCUT2D eigenvalue weighted by atomic mass is 35.5. The van der Waals surface area contributed by atoms with E-state index in [0.29, 0.717) is 57.6 Å². The van der Waals surface area contributed by atoms with Crippen LogP contribution in [0.1, 0.15) is 21.9 Å². The normalized spacial score (nSPS) is 12.9. The van der Waals surface area contributed by atoms with E-state index in [1.807, 2.05) is 0 Å². The van der Waals surface area contributed by atoms with Crippen LogP contribution in [0.25, 0.3) is 6.08 Å². The van der Waals surface area contributed by atoms with Crippen molar-refractivity contribution >= 4 is 35.1 Å². The van der Waals surface area contributed by atoms with Gasteiger partial charge in [0.1, 0.15) is 31.3 Å². The van der Waals surface area contributed by atoms with Crippen LogP contribution in [0.5, 0.6) is 17.2 Å². The smallest absolute Gasteiger partial charge is 0.186 e. The van der Waals surface area contributed by atoms with Crippen LogP contribution in [0.2, 0.25) is 10.0 Å². The van der Waals surface area contributed by atoms with Crippen LogP contribution >= 0.6 is 23.2 Å². The maximum Gasteiger partial charge on any atom is 0.186 e. The monoisotopic (exact) mass is 430 g/mol. The van der Waals surface area contributed by atoms with Gasteiger partial charge in [-0.15, -0.1) is 0 Å². The van der Waals surface area contributed by atoms with E-state index in [9.17, 15) is 4.79 Å². The highest BCUT2D eigenvalue weighted by molar-refractivity contribution is 6.37. The van der Waals surface area contributed by atoms with Crippen molar-refractivity contribution in [3.63, 3.8) is 0 Å². The average Bonchev–Trinajstić information content (AvgIpc) is 3.19. The van der Waals surface area contributed by atoms with Crippen LogP contribution in [0.3, 0.4) is 0 Å². The number of benzene rings is 2. The number of fused-ring (bicyclic) bond motifs is 1. The van der Waals surface area contributed by atoms with Gasteiger partial charge in [-0.1, -0.05) is 29.3 Å². The summed E-state index contributed by atoms with van der Waals surface area (Å²) in [6, 6.07) is 13.8. The highest BCUT2D eigenvalue weighted by Gasteiger charge is 2.14. The molecule has 0 bridgehead atoms. The molecule has 7 heteroatoms. The summed E-state index contributed by atoms with van der Waals surface area (Å²) in [5.74, 6) is 2.56. The lowest BCUT2D eigenvalue weighted by Crippen LogP contribution is -2.15. The molecule has 0 saturated heterocycles. The number of furan rings is 1. The molecule has 3 aromatic rings. The van der Waals surface area contributed by atoms with E-state index in [0.717, 1.165) is 0 Å². The number of ketones is 1. The quantitative estimate of drug-likeness (QED) is 0.363. The maximum absolute atomic E-state index is 12.4. The van der Waals surface area contributed by atoms with E-state index < -0.39 is 0 Å². The first-order valence-electron chi connectivity index (χ1n) is 8.88. The number of carbonyl (C=O) groups excluding carboxylic acids is 1. The zero-order valence-electron chi connectivity index (χ0n) is 15.2. The van der Waals surface area contributed by atoms with E-state index in [4.69, 9.17) is 41.8 Å². The molecule has 0 amide bonds. The molecule has 0 aliphatic carbocycles. The summed E-state index contributed by atoms with van der Waals surface area (Å²) >= 11 is 12.2. The Morgan fingerprint density at radius 2 is 1.76 bits per heavy atom. The Morgan fingerprint density at radius 3 is 2.55 bits per heavy atom. The molecule has 0 atom stereocenters. The molecule has 0 saturated carbocycles. The minimum atomic E-state index is -0.168. The molecule has 1 aliphatic heterocycles. The third-order valence-electron chi connectivity index (χ3n) is 4.19. The topological polar surface area (TPSA) is 57.9 Å². The molecule has 0 fully saturated rings. The van der Waals surface area contributed by atoms with Crippen molar-refractivity contribution in [3.8, 4) is 17.2 Å². The van der Waals surface area contributed by atoms with Gasteiger partial charge in [0.15, 0.2) is 23.0 Å². The number of para-hydroxylation sites is 1. The largest absolute Gasteiger partial charge is 0.486 e. The zero-order valence-corrected chi connectivity index (χ0v) is 16.7. The number of ether oxygens (including phenoxy) is 3. The van der Waals surface area contributed by atoms with Crippen LogP contribution in [-0.2, 0) is 6.61 Å². The van der Waals surface area contributed by atoms with Gasteiger partial charge < -0.3 is 18.6 Å². The molecular formula is C22H16Cl2O5. The molecule has 0 N–H and O–H groups in total. The number of carbonyl (C=O) groups is 1. The molecule has 5 nitrogen and oxygen atoms in total. The molecule has 0 radical (unpaired) electrons. The van der Waals surface area contributed by atoms with Crippen molar-refractivity contribution in [1.29, 1.82) is 0 Å². The minimum absolute atomic E-state index is 0.160. The third-order valence-corrected chi connectivity index (χ3v) is 4.78. The van der Waals surface area contributed by atoms with E-state index in [1.54, 1.807) is 54.6 Å². The molecule has 148 valence electrons. The molecule has 0 spiro atoms. The van der Waals surface area contributed by atoms with Crippen molar-refractivity contribution in [2.45, 2.75) is 6.61 Å². The second-order valence-corrected chi connectivity index (χ2v) is 7.01. The zero-order chi connectivity index (χ0) is 20.2. The number of hydrogen-bond acceptors (Lipinski definition) is 5. The summed E-state index contributed by atoms with van der Waals surface area (Å²) in [6.45, 7) is 1.14. The Balaban J connectivity index is 1.39. The second-order valence-electron chi connectivity index (χ2n) is 6.20. The Bertz CT molecular complexity index is 1050. The van der Waals surface area contributed by atoms with Gasteiger partial charge in [-0.2, -0.15) is 0 Å². The van der Waals surface area contributed by atoms with Gasteiger partial charge in [0, 0.05) is 5.56 Å². The Kier molecular flexibility index (Phi) is 5.79. The highest BCUT2D eigenvalue weighted by Crippen LogP contribution is 2.33. The summed E-state index contributed by atoms with van der Waals surface area (Å²) < 4.78 is 22.3.